The van der Waals surface area contributed by atoms with Crippen LogP contribution in [0.3, 0.4) is 0 Å². The Morgan fingerprint density at radius 3 is 2.63 bits per heavy atom. The summed E-state index contributed by atoms with van der Waals surface area (Å²) < 4.78 is 35.9. The van der Waals surface area contributed by atoms with Gasteiger partial charge in [-0.1, -0.05) is 11.6 Å². The first-order chi connectivity index (χ1) is 8.79. The zero-order valence-electron chi connectivity index (χ0n) is 9.82. The largest absolute Gasteiger partial charge is 0.352 e. The van der Waals surface area contributed by atoms with Crippen LogP contribution in [0.1, 0.15) is 23.2 Å². The van der Waals surface area contributed by atoms with Crippen LogP contribution in [0.25, 0.3) is 0 Å². The number of hydrogen-bond donors (Lipinski definition) is 2. The fourth-order valence-corrected chi connectivity index (χ4v) is 2.29. The zero-order valence-corrected chi connectivity index (χ0v) is 11.4. The van der Waals surface area contributed by atoms with Gasteiger partial charge in [0, 0.05) is 6.54 Å². The standard InChI is InChI=1S/C11H12ClFN2O3S/c12-10-8(11(16)15-5-6-1-2-6)3-7(4-9(10)13)19(14,17)18/h3-4,6H,1-2,5H2,(H,15,16)(H2,14,17,18). The van der Waals surface area contributed by atoms with Gasteiger partial charge in [-0.3, -0.25) is 4.79 Å². The van der Waals surface area contributed by atoms with Crippen LogP contribution < -0.4 is 10.5 Å². The number of rotatable bonds is 4. The molecule has 1 aromatic carbocycles. The van der Waals surface area contributed by atoms with Crippen LogP contribution in [0.2, 0.25) is 5.02 Å². The van der Waals surface area contributed by atoms with Gasteiger partial charge in [0.15, 0.2) is 0 Å². The highest BCUT2D eigenvalue weighted by Crippen LogP contribution is 2.28. The second-order valence-electron chi connectivity index (χ2n) is 4.47. The molecule has 0 unspecified atom stereocenters. The average Bonchev–Trinajstić information content (AvgIpc) is 3.11. The number of primary sulfonamides is 1. The zero-order chi connectivity index (χ0) is 14.2. The van der Waals surface area contributed by atoms with Crippen molar-refractivity contribution < 1.29 is 17.6 Å². The molecule has 19 heavy (non-hydrogen) atoms. The molecular weight excluding hydrogens is 295 g/mol. The third-order valence-electron chi connectivity index (χ3n) is 2.82. The van der Waals surface area contributed by atoms with Crippen LogP contribution in [0.15, 0.2) is 17.0 Å². The Hall–Kier alpha value is -1.18. The molecule has 0 aromatic heterocycles. The molecule has 8 heteroatoms. The molecule has 1 saturated carbocycles. The summed E-state index contributed by atoms with van der Waals surface area (Å²) in [6.45, 7) is 0.469. The maximum Gasteiger partial charge on any atom is 0.252 e. The molecule has 104 valence electrons. The predicted octanol–water partition coefficient (Wildman–Crippen LogP) is 1.27. The van der Waals surface area contributed by atoms with Gasteiger partial charge in [0.05, 0.1) is 15.5 Å². The smallest absolute Gasteiger partial charge is 0.252 e. The molecule has 0 spiro atoms. The highest BCUT2D eigenvalue weighted by atomic mass is 35.5. The minimum absolute atomic E-state index is 0.230. The number of sulfonamides is 1. The summed E-state index contributed by atoms with van der Waals surface area (Å²) in [5.41, 5.74) is -0.230. The van der Waals surface area contributed by atoms with Gasteiger partial charge in [0.2, 0.25) is 10.0 Å². The molecule has 3 N–H and O–H groups in total. The van der Waals surface area contributed by atoms with Crippen molar-refractivity contribution in [1.29, 1.82) is 0 Å². The van der Waals surface area contributed by atoms with Gasteiger partial charge in [-0.05, 0) is 30.9 Å². The maximum atomic E-state index is 13.5. The first-order valence-corrected chi connectivity index (χ1v) is 7.51. The number of hydrogen-bond acceptors (Lipinski definition) is 3. The Labute approximate surface area is 115 Å². The minimum atomic E-state index is -4.10. The topological polar surface area (TPSA) is 89.3 Å². The highest BCUT2D eigenvalue weighted by molar-refractivity contribution is 7.89. The summed E-state index contributed by atoms with van der Waals surface area (Å²) in [5.74, 6) is -1.17. The van der Waals surface area contributed by atoms with Crippen molar-refractivity contribution in [2.45, 2.75) is 17.7 Å². The van der Waals surface area contributed by atoms with Gasteiger partial charge >= 0.3 is 0 Å². The van der Waals surface area contributed by atoms with Crippen LogP contribution >= 0.6 is 11.6 Å². The summed E-state index contributed by atoms with van der Waals surface area (Å²) in [6.07, 6.45) is 2.08. The lowest BCUT2D eigenvalue weighted by atomic mass is 10.2. The molecule has 1 aliphatic rings. The Morgan fingerprint density at radius 1 is 1.47 bits per heavy atom. The molecule has 0 bridgehead atoms. The van der Waals surface area contributed by atoms with E-state index >= 15 is 0 Å². The molecule has 1 aromatic rings. The van der Waals surface area contributed by atoms with E-state index in [4.69, 9.17) is 16.7 Å². The van der Waals surface area contributed by atoms with E-state index in [9.17, 15) is 17.6 Å². The Kier molecular flexibility index (Phi) is 3.80. The van der Waals surface area contributed by atoms with E-state index in [1.165, 1.54) is 0 Å². The fourth-order valence-electron chi connectivity index (χ4n) is 1.55. The number of benzene rings is 1. The first-order valence-electron chi connectivity index (χ1n) is 5.59. The van der Waals surface area contributed by atoms with Crippen molar-refractivity contribution >= 4 is 27.5 Å². The number of carbonyl (C=O) groups is 1. The summed E-state index contributed by atoms with van der Waals surface area (Å²) in [4.78, 5) is 11.4. The molecule has 0 aliphatic heterocycles. The third kappa shape index (κ3) is 3.43. The van der Waals surface area contributed by atoms with Crippen LogP contribution in [0.5, 0.6) is 0 Å². The van der Waals surface area contributed by atoms with E-state index in [1.807, 2.05) is 0 Å². The minimum Gasteiger partial charge on any atom is -0.352 e. The maximum absolute atomic E-state index is 13.5. The van der Waals surface area contributed by atoms with Crippen LogP contribution in [0, 0.1) is 11.7 Å². The predicted molar refractivity (Wildman–Crippen MR) is 67.8 cm³/mol. The second-order valence-corrected chi connectivity index (χ2v) is 6.40. The number of halogens is 2. The van der Waals surface area contributed by atoms with Crippen molar-refractivity contribution in [3.8, 4) is 0 Å². The Bertz CT molecular complexity index is 629. The SMILES string of the molecule is NS(=O)(=O)c1cc(F)c(Cl)c(C(=O)NCC2CC2)c1. The monoisotopic (exact) mass is 306 g/mol. The molecule has 0 saturated heterocycles. The van der Waals surface area contributed by atoms with Gasteiger partial charge in [-0.15, -0.1) is 0 Å². The lowest BCUT2D eigenvalue weighted by molar-refractivity contribution is 0.0951. The van der Waals surface area contributed by atoms with E-state index in [0.717, 1.165) is 18.9 Å². The molecule has 5 nitrogen and oxygen atoms in total. The number of carbonyl (C=O) groups excluding carboxylic acids is 1. The van der Waals surface area contributed by atoms with E-state index in [0.29, 0.717) is 18.5 Å². The van der Waals surface area contributed by atoms with Crippen molar-refractivity contribution in [1.82, 2.24) is 5.32 Å². The second kappa shape index (κ2) is 5.07. The van der Waals surface area contributed by atoms with Crippen LogP contribution in [-0.2, 0) is 10.0 Å². The van der Waals surface area contributed by atoms with Gasteiger partial charge < -0.3 is 5.32 Å². The molecule has 1 aliphatic carbocycles. The average molecular weight is 307 g/mol. The normalized spacial score (nSPS) is 15.3. The molecular formula is C11H12ClFN2O3S. The number of nitrogens with two attached hydrogens (primary N) is 1. The van der Waals surface area contributed by atoms with Crippen LogP contribution in [-0.4, -0.2) is 20.9 Å². The van der Waals surface area contributed by atoms with Crippen molar-refractivity contribution in [3.63, 3.8) is 0 Å². The van der Waals surface area contributed by atoms with Crippen molar-refractivity contribution in [2.24, 2.45) is 11.1 Å². The molecule has 2 rings (SSSR count). The number of amides is 1. The summed E-state index contributed by atoms with van der Waals surface area (Å²) in [7, 11) is -4.10. The highest BCUT2D eigenvalue weighted by Gasteiger charge is 2.24. The first kappa shape index (κ1) is 14.2. The van der Waals surface area contributed by atoms with Gasteiger partial charge in [0.25, 0.3) is 5.91 Å². The molecule has 0 atom stereocenters. The van der Waals surface area contributed by atoms with E-state index in [-0.39, 0.29) is 5.56 Å². The van der Waals surface area contributed by atoms with Gasteiger partial charge in [-0.2, -0.15) is 0 Å². The molecule has 0 heterocycles. The molecule has 0 radical (unpaired) electrons. The molecule has 1 amide bonds. The summed E-state index contributed by atoms with van der Waals surface area (Å²) in [6, 6.07) is 1.66. The quantitative estimate of drug-likeness (QED) is 0.877. The van der Waals surface area contributed by atoms with E-state index in [2.05, 4.69) is 5.32 Å². The summed E-state index contributed by atoms with van der Waals surface area (Å²) >= 11 is 5.67. The Balaban J connectivity index is 2.31. The lowest BCUT2D eigenvalue weighted by Crippen LogP contribution is -2.26. The van der Waals surface area contributed by atoms with E-state index < -0.39 is 31.7 Å². The van der Waals surface area contributed by atoms with Crippen molar-refractivity contribution in [2.75, 3.05) is 6.54 Å². The van der Waals surface area contributed by atoms with Crippen LogP contribution in [0.4, 0.5) is 4.39 Å². The Morgan fingerprint density at radius 2 is 2.11 bits per heavy atom. The van der Waals surface area contributed by atoms with E-state index in [1.54, 1.807) is 0 Å². The fraction of sp³-hybridized carbons (Fsp3) is 0.364. The third-order valence-corrected chi connectivity index (χ3v) is 4.10. The van der Waals surface area contributed by atoms with Gasteiger partial charge in [0.1, 0.15) is 5.82 Å². The molecule has 1 fully saturated rings. The lowest BCUT2D eigenvalue weighted by Gasteiger charge is -2.08. The summed E-state index contributed by atoms with van der Waals surface area (Å²) in [5, 5.41) is 7.07. The van der Waals surface area contributed by atoms with Crippen molar-refractivity contribution in [3.05, 3.63) is 28.5 Å². The number of nitrogens with one attached hydrogen (secondary N) is 1. The van der Waals surface area contributed by atoms with Gasteiger partial charge in [-0.25, -0.2) is 17.9 Å².